The third-order valence-electron chi connectivity index (χ3n) is 3.52. The molecule has 4 nitrogen and oxygen atoms in total. The Hall–Kier alpha value is -1.55. The van der Waals surface area contributed by atoms with Crippen LogP contribution < -0.4 is 10.6 Å². The molecule has 2 aromatic heterocycles. The van der Waals surface area contributed by atoms with Crippen molar-refractivity contribution in [2.75, 3.05) is 11.9 Å². The molecule has 0 radical (unpaired) electrons. The van der Waals surface area contributed by atoms with Crippen LogP contribution in [-0.4, -0.2) is 28.0 Å². The molecule has 0 aliphatic carbocycles. The van der Waals surface area contributed by atoms with Crippen LogP contribution in [-0.2, 0) is 0 Å². The Kier molecular flexibility index (Phi) is 2.73. The summed E-state index contributed by atoms with van der Waals surface area (Å²) in [6.07, 6.45) is 6.29. The average molecular weight is 230 g/mol. The van der Waals surface area contributed by atoms with Gasteiger partial charge in [0.25, 0.3) is 0 Å². The summed E-state index contributed by atoms with van der Waals surface area (Å²) in [5.74, 6) is 1.13. The number of hydrogen-bond donors (Lipinski definition) is 2. The van der Waals surface area contributed by atoms with Crippen LogP contribution in [0.25, 0.3) is 5.65 Å². The van der Waals surface area contributed by atoms with Gasteiger partial charge in [-0.1, -0.05) is 6.07 Å². The van der Waals surface area contributed by atoms with Crippen LogP contribution in [0, 0.1) is 0 Å². The van der Waals surface area contributed by atoms with Gasteiger partial charge in [-0.15, -0.1) is 0 Å². The maximum atomic E-state index is 4.30. The van der Waals surface area contributed by atoms with Gasteiger partial charge in [-0.2, -0.15) is 0 Å². The van der Waals surface area contributed by atoms with E-state index in [-0.39, 0.29) is 0 Å². The topological polar surface area (TPSA) is 41.4 Å². The highest BCUT2D eigenvalue weighted by Gasteiger charge is 2.20. The number of anilines is 1. The van der Waals surface area contributed by atoms with Crippen molar-refractivity contribution in [3.05, 3.63) is 30.6 Å². The molecule has 90 valence electrons. The van der Waals surface area contributed by atoms with E-state index in [0.29, 0.717) is 12.1 Å². The maximum absolute atomic E-state index is 4.30. The first-order valence-corrected chi connectivity index (χ1v) is 6.26. The van der Waals surface area contributed by atoms with Crippen LogP contribution in [0.1, 0.15) is 19.8 Å². The number of hydrogen-bond acceptors (Lipinski definition) is 3. The highest BCUT2D eigenvalue weighted by Crippen LogP contribution is 2.17. The van der Waals surface area contributed by atoms with Crippen molar-refractivity contribution in [3.63, 3.8) is 0 Å². The second kappa shape index (κ2) is 4.37. The number of rotatable bonds is 2. The minimum atomic E-state index is 0.497. The lowest BCUT2D eigenvalue weighted by molar-refractivity contribution is 0.388. The summed E-state index contributed by atoms with van der Waals surface area (Å²) < 4.78 is 2.10. The zero-order valence-corrected chi connectivity index (χ0v) is 10.1. The molecular weight excluding hydrogens is 212 g/mol. The van der Waals surface area contributed by atoms with E-state index >= 15 is 0 Å². The van der Waals surface area contributed by atoms with Gasteiger partial charge in [0.2, 0.25) is 0 Å². The molecule has 4 heteroatoms. The second-order valence-corrected chi connectivity index (χ2v) is 4.70. The minimum absolute atomic E-state index is 0.497. The summed E-state index contributed by atoms with van der Waals surface area (Å²) in [7, 11) is 0. The zero-order valence-electron chi connectivity index (χ0n) is 10.1. The lowest BCUT2D eigenvalue weighted by Gasteiger charge is -2.31. The molecular formula is C13H18N4. The Morgan fingerprint density at radius 3 is 3.29 bits per heavy atom. The molecule has 2 N–H and O–H groups in total. The molecule has 3 heterocycles. The van der Waals surface area contributed by atoms with E-state index in [4.69, 9.17) is 0 Å². The van der Waals surface area contributed by atoms with E-state index in [1.807, 2.05) is 24.5 Å². The normalized spacial score (nSPS) is 25.0. The van der Waals surface area contributed by atoms with Gasteiger partial charge in [-0.05, 0) is 38.4 Å². The zero-order chi connectivity index (χ0) is 11.7. The monoisotopic (exact) mass is 230 g/mol. The summed E-state index contributed by atoms with van der Waals surface area (Å²) in [5.41, 5.74) is 0.992. The largest absolute Gasteiger partial charge is 0.367 e. The number of piperidine rings is 1. The van der Waals surface area contributed by atoms with E-state index in [9.17, 15) is 0 Å². The molecule has 1 fully saturated rings. The molecule has 17 heavy (non-hydrogen) atoms. The second-order valence-electron chi connectivity index (χ2n) is 4.70. The Balaban J connectivity index is 1.86. The smallest absolute Gasteiger partial charge is 0.138 e. The molecule has 2 aromatic rings. The van der Waals surface area contributed by atoms with Gasteiger partial charge in [-0.25, -0.2) is 4.98 Å². The van der Waals surface area contributed by atoms with E-state index < -0.39 is 0 Å². The number of aromatic nitrogens is 2. The van der Waals surface area contributed by atoms with Crippen LogP contribution in [0.3, 0.4) is 0 Å². The SMILES string of the molecule is CC1NCCCC1Nc1cccc2nccn12. The van der Waals surface area contributed by atoms with E-state index in [2.05, 4.69) is 33.0 Å². The van der Waals surface area contributed by atoms with Crippen molar-refractivity contribution in [1.29, 1.82) is 0 Å². The lowest BCUT2D eigenvalue weighted by atomic mass is 10.00. The van der Waals surface area contributed by atoms with E-state index in [0.717, 1.165) is 18.0 Å². The minimum Gasteiger partial charge on any atom is -0.367 e. The first kappa shape index (κ1) is 10.6. The summed E-state index contributed by atoms with van der Waals surface area (Å²) in [4.78, 5) is 4.30. The first-order chi connectivity index (χ1) is 8.34. The van der Waals surface area contributed by atoms with Crippen molar-refractivity contribution >= 4 is 11.5 Å². The van der Waals surface area contributed by atoms with Crippen molar-refractivity contribution < 1.29 is 0 Å². The predicted molar refractivity (Wildman–Crippen MR) is 69.3 cm³/mol. The number of imidazole rings is 1. The number of pyridine rings is 1. The Bertz CT molecular complexity index is 505. The molecule has 0 aromatic carbocycles. The van der Waals surface area contributed by atoms with Crippen LogP contribution >= 0.6 is 0 Å². The molecule has 1 saturated heterocycles. The Morgan fingerprint density at radius 1 is 1.47 bits per heavy atom. The van der Waals surface area contributed by atoms with Crippen LogP contribution in [0.4, 0.5) is 5.82 Å². The number of fused-ring (bicyclic) bond motifs is 1. The standard InChI is InChI=1S/C13H18N4/c1-10-11(4-3-7-14-10)16-13-6-2-5-12-15-8-9-17(12)13/h2,5-6,8-11,14,16H,3-4,7H2,1H3. The number of nitrogens with one attached hydrogen (secondary N) is 2. The van der Waals surface area contributed by atoms with Crippen molar-refractivity contribution in [2.45, 2.75) is 31.8 Å². The van der Waals surface area contributed by atoms with Gasteiger partial charge in [-0.3, -0.25) is 4.40 Å². The van der Waals surface area contributed by atoms with E-state index in [1.54, 1.807) is 0 Å². The molecule has 2 unspecified atom stereocenters. The molecule has 0 spiro atoms. The van der Waals surface area contributed by atoms with Gasteiger partial charge < -0.3 is 10.6 Å². The predicted octanol–water partition coefficient (Wildman–Crippen LogP) is 1.89. The molecule has 1 aliphatic heterocycles. The summed E-state index contributed by atoms with van der Waals surface area (Å²) in [6, 6.07) is 7.19. The first-order valence-electron chi connectivity index (χ1n) is 6.26. The fourth-order valence-corrected chi connectivity index (χ4v) is 2.50. The van der Waals surface area contributed by atoms with Crippen LogP contribution in [0.5, 0.6) is 0 Å². The fraction of sp³-hybridized carbons (Fsp3) is 0.462. The van der Waals surface area contributed by atoms with Crippen molar-refractivity contribution in [3.8, 4) is 0 Å². The summed E-state index contributed by atoms with van der Waals surface area (Å²) >= 11 is 0. The molecule has 0 bridgehead atoms. The Morgan fingerprint density at radius 2 is 2.41 bits per heavy atom. The molecule has 2 atom stereocenters. The highest BCUT2D eigenvalue weighted by atomic mass is 15.1. The van der Waals surface area contributed by atoms with Crippen LogP contribution in [0.2, 0.25) is 0 Å². The maximum Gasteiger partial charge on any atom is 0.138 e. The third kappa shape index (κ3) is 2.00. The van der Waals surface area contributed by atoms with Gasteiger partial charge in [0, 0.05) is 24.5 Å². The van der Waals surface area contributed by atoms with Crippen molar-refractivity contribution in [1.82, 2.24) is 14.7 Å². The fourth-order valence-electron chi connectivity index (χ4n) is 2.50. The van der Waals surface area contributed by atoms with Crippen LogP contribution in [0.15, 0.2) is 30.6 Å². The van der Waals surface area contributed by atoms with E-state index in [1.165, 1.54) is 12.8 Å². The lowest BCUT2D eigenvalue weighted by Crippen LogP contribution is -2.46. The number of nitrogens with zero attached hydrogens (tertiary/aromatic N) is 2. The van der Waals surface area contributed by atoms with Gasteiger partial charge in [0.15, 0.2) is 0 Å². The quantitative estimate of drug-likeness (QED) is 0.827. The molecule has 3 rings (SSSR count). The molecule has 1 aliphatic rings. The van der Waals surface area contributed by atoms with Gasteiger partial charge in [0.1, 0.15) is 11.5 Å². The van der Waals surface area contributed by atoms with Crippen molar-refractivity contribution in [2.24, 2.45) is 0 Å². The highest BCUT2D eigenvalue weighted by molar-refractivity contribution is 5.50. The van der Waals surface area contributed by atoms with Gasteiger partial charge >= 0.3 is 0 Å². The summed E-state index contributed by atoms with van der Waals surface area (Å²) in [6.45, 7) is 3.37. The molecule has 0 saturated carbocycles. The average Bonchev–Trinajstić information content (AvgIpc) is 2.81. The van der Waals surface area contributed by atoms with Gasteiger partial charge in [0.05, 0.1) is 0 Å². The summed E-state index contributed by atoms with van der Waals surface area (Å²) in [5, 5.41) is 7.13. The third-order valence-corrected chi connectivity index (χ3v) is 3.52. The molecule has 0 amide bonds. The Labute approximate surface area is 101 Å².